The molecule has 28 heavy (non-hydrogen) atoms. The zero-order chi connectivity index (χ0) is 20.7. The third-order valence-electron chi connectivity index (χ3n) is 4.11. The second-order valence-electron chi connectivity index (χ2n) is 6.11. The van der Waals surface area contributed by atoms with Crippen LogP contribution in [0.2, 0.25) is 0 Å². The van der Waals surface area contributed by atoms with Crippen molar-refractivity contribution in [1.29, 1.82) is 0 Å². The van der Waals surface area contributed by atoms with E-state index in [0.717, 1.165) is 5.56 Å². The van der Waals surface area contributed by atoms with E-state index < -0.39 is 22.0 Å². The number of ether oxygens (including phenoxy) is 3. The normalized spacial score (nSPS) is 12.3. The lowest BCUT2D eigenvalue weighted by atomic mass is 10.0. The van der Waals surface area contributed by atoms with Crippen LogP contribution in [0.4, 0.5) is 0 Å². The average molecular weight is 407 g/mol. The molecule has 1 N–H and O–H groups in total. The second kappa shape index (κ2) is 9.57. The standard InChI is InChI=1S/C20H25NO6S/c1-5-27-20(22)13-17(15-8-6-14(2)7-9-15)21-28(23,24)19-12-16(25-3)10-11-18(19)26-4/h6-12,17,21H,5,13H2,1-4H3/t17-/m0/s1. The van der Waals surface area contributed by atoms with E-state index in [1.165, 1.54) is 26.4 Å². The topological polar surface area (TPSA) is 90.9 Å². The van der Waals surface area contributed by atoms with Gasteiger partial charge >= 0.3 is 5.97 Å². The summed E-state index contributed by atoms with van der Waals surface area (Å²) in [6, 6.07) is 11.0. The van der Waals surface area contributed by atoms with Crippen LogP contribution >= 0.6 is 0 Å². The van der Waals surface area contributed by atoms with Gasteiger partial charge < -0.3 is 14.2 Å². The van der Waals surface area contributed by atoms with Crippen LogP contribution in [0.1, 0.15) is 30.5 Å². The SMILES string of the molecule is CCOC(=O)C[C@H](NS(=O)(=O)c1cc(OC)ccc1OC)c1ccc(C)cc1. The molecule has 8 heteroatoms. The van der Waals surface area contributed by atoms with Crippen molar-refractivity contribution in [3.05, 3.63) is 53.6 Å². The van der Waals surface area contributed by atoms with Crippen LogP contribution in [0.15, 0.2) is 47.4 Å². The number of benzene rings is 2. The Hall–Kier alpha value is -2.58. The number of aryl methyl sites for hydroxylation is 1. The number of hydrogen-bond donors (Lipinski definition) is 1. The number of methoxy groups -OCH3 is 2. The summed E-state index contributed by atoms with van der Waals surface area (Å²) in [6.07, 6.45) is -0.136. The maximum Gasteiger partial charge on any atom is 0.307 e. The van der Waals surface area contributed by atoms with Crippen LogP contribution in [0, 0.1) is 6.92 Å². The molecule has 2 aromatic rings. The number of esters is 1. The van der Waals surface area contributed by atoms with E-state index in [1.54, 1.807) is 25.1 Å². The molecule has 0 spiro atoms. The van der Waals surface area contributed by atoms with Crippen molar-refractivity contribution in [3.63, 3.8) is 0 Å². The van der Waals surface area contributed by atoms with Gasteiger partial charge in [0.15, 0.2) is 0 Å². The molecular weight excluding hydrogens is 382 g/mol. The molecule has 0 aliphatic carbocycles. The van der Waals surface area contributed by atoms with Gasteiger partial charge in [-0.2, -0.15) is 0 Å². The summed E-state index contributed by atoms with van der Waals surface area (Å²) in [5.41, 5.74) is 1.68. The van der Waals surface area contributed by atoms with Crippen molar-refractivity contribution in [2.75, 3.05) is 20.8 Å². The van der Waals surface area contributed by atoms with Gasteiger partial charge in [-0.3, -0.25) is 4.79 Å². The van der Waals surface area contributed by atoms with Crippen LogP contribution in [0.5, 0.6) is 11.5 Å². The Bertz CT molecular complexity index is 909. The quantitative estimate of drug-likeness (QED) is 0.643. The van der Waals surface area contributed by atoms with Crippen LogP contribution < -0.4 is 14.2 Å². The second-order valence-corrected chi connectivity index (χ2v) is 7.79. The zero-order valence-electron chi connectivity index (χ0n) is 16.4. The molecule has 0 saturated heterocycles. The van der Waals surface area contributed by atoms with Crippen molar-refractivity contribution in [1.82, 2.24) is 4.72 Å². The number of nitrogens with one attached hydrogen (secondary N) is 1. The van der Waals surface area contributed by atoms with Gasteiger partial charge in [-0.1, -0.05) is 29.8 Å². The van der Waals surface area contributed by atoms with Gasteiger partial charge in [-0.25, -0.2) is 13.1 Å². The number of carbonyl (C=O) groups is 1. The molecule has 0 radical (unpaired) electrons. The molecule has 0 bridgehead atoms. The minimum Gasteiger partial charge on any atom is -0.497 e. The Morgan fingerprint density at radius 1 is 1.07 bits per heavy atom. The maximum absolute atomic E-state index is 13.1. The van der Waals surface area contributed by atoms with Gasteiger partial charge in [0.1, 0.15) is 16.4 Å². The summed E-state index contributed by atoms with van der Waals surface area (Å²) in [5, 5.41) is 0. The molecule has 0 amide bonds. The van der Waals surface area contributed by atoms with Crippen molar-refractivity contribution in [2.45, 2.75) is 31.2 Å². The lowest BCUT2D eigenvalue weighted by molar-refractivity contribution is -0.143. The smallest absolute Gasteiger partial charge is 0.307 e. The molecular formula is C20H25NO6S. The highest BCUT2D eigenvalue weighted by molar-refractivity contribution is 7.89. The van der Waals surface area contributed by atoms with Crippen LogP contribution in [-0.4, -0.2) is 35.2 Å². The molecule has 152 valence electrons. The van der Waals surface area contributed by atoms with E-state index >= 15 is 0 Å². The first-order chi connectivity index (χ1) is 13.3. The molecule has 1 atom stereocenters. The highest BCUT2D eigenvalue weighted by Crippen LogP contribution is 2.30. The molecule has 0 aliphatic heterocycles. The number of sulfonamides is 1. The average Bonchev–Trinajstić information content (AvgIpc) is 2.67. The highest BCUT2D eigenvalue weighted by atomic mass is 32.2. The minimum absolute atomic E-state index is 0.0738. The first kappa shape index (κ1) is 21.7. The summed E-state index contributed by atoms with van der Waals surface area (Å²) in [5.74, 6) is 0.0546. The van der Waals surface area contributed by atoms with Gasteiger partial charge in [-0.05, 0) is 31.5 Å². The Morgan fingerprint density at radius 2 is 1.75 bits per heavy atom. The molecule has 0 fully saturated rings. The van der Waals surface area contributed by atoms with Crippen LogP contribution in [-0.2, 0) is 19.6 Å². The number of rotatable bonds is 9. The van der Waals surface area contributed by atoms with E-state index in [2.05, 4.69) is 4.72 Å². The minimum atomic E-state index is -4.02. The van der Waals surface area contributed by atoms with E-state index in [4.69, 9.17) is 14.2 Å². The molecule has 2 rings (SSSR count). The van der Waals surface area contributed by atoms with Crippen molar-refractivity contribution >= 4 is 16.0 Å². The molecule has 0 aromatic heterocycles. The maximum atomic E-state index is 13.1. The van der Waals surface area contributed by atoms with Gasteiger partial charge in [0.25, 0.3) is 0 Å². The summed E-state index contributed by atoms with van der Waals surface area (Å²) in [6.45, 7) is 3.84. The molecule has 0 heterocycles. The van der Waals surface area contributed by atoms with Crippen LogP contribution in [0.3, 0.4) is 0 Å². The first-order valence-electron chi connectivity index (χ1n) is 8.77. The fraction of sp³-hybridized carbons (Fsp3) is 0.350. The summed E-state index contributed by atoms with van der Waals surface area (Å²) < 4.78 is 44.1. The van der Waals surface area contributed by atoms with E-state index in [9.17, 15) is 13.2 Å². The lowest BCUT2D eigenvalue weighted by Crippen LogP contribution is -2.31. The van der Waals surface area contributed by atoms with E-state index in [-0.39, 0.29) is 23.7 Å². The Balaban J connectivity index is 2.41. The lowest BCUT2D eigenvalue weighted by Gasteiger charge is -2.20. The third-order valence-corrected chi connectivity index (χ3v) is 5.61. The zero-order valence-corrected chi connectivity index (χ0v) is 17.2. The van der Waals surface area contributed by atoms with Crippen molar-refractivity contribution in [2.24, 2.45) is 0 Å². The summed E-state index contributed by atoms with van der Waals surface area (Å²) in [7, 11) is -1.18. The highest BCUT2D eigenvalue weighted by Gasteiger charge is 2.27. The Morgan fingerprint density at radius 3 is 2.32 bits per heavy atom. The summed E-state index contributed by atoms with van der Waals surface area (Å²) >= 11 is 0. The fourth-order valence-corrected chi connectivity index (χ4v) is 4.07. The number of carbonyl (C=O) groups excluding carboxylic acids is 1. The van der Waals surface area contributed by atoms with Crippen molar-refractivity contribution in [3.8, 4) is 11.5 Å². The molecule has 7 nitrogen and oxygen atoms in total. The predicted octanol–water partition coefficient (Wildman–Crippen LogP) is 2.99. The van der Waals surface area contributed by atoms with Crippen LogP contribution in [0.25, 0.3) is 0 Å². The van der Waals surface area contributed by atoms with E-state index in [1.807, 2.05) is 19.1 Å². The monoisotopic (exact) mass is 407 g/mol. The predicted molar refractivity (Wildman–Crippen MR) is 105 cm³/mol. The van der Waals surface area contributed by atoms with Gasteiger partial charge in [0.05, 0.1) is 33.3 Å². The van der Waals surface area contributed by atoms with Gasteiger partial charge in [-0.15, -0.1) is 0 Å². The first-order valence-corrected chi connectivity index (χ1v) is 10.3. The fourth-order valence-electron chi connectivity index (χ4n) is 2.66. The molecule has 0 aliphatic rings. The third kappa shape index (κ3) is 5.46. The van der Waals surface area contributed by atoms with E-state index in [0.29, 0.717) is 11.3 Å². The number of hydrogen-bond acceptors (Lipinski definition) is 6. The van der Waals surface area contributed by atoms with Gasteiger partial charge in [0, 0.05) is 6.07 Å². The molecule has 0 unspecified atom stereocenters. The summed E-state index contributed by atoms with van der Waals surface area (Å²) in [4.78, 5) is 12.0. The largest absolute Gasteiger partial charge is 0.497 e. The Kier molecular flexibility index (Phi) is 7.42. The molecule has 0 saturated carbocycles. The van der Waals surface area contributed by atoms with Gasteiger partial charge in [0.2, 0.25) is 10.0 Å². The molecule has 2 aromatic carbocycles. The Labute approximate surface area is 165 Å². The van der Waals surface area contributed by atoms with Crippen molar-refractivity contribution < 1.29 is 27.4 Å².